The average Bonchev–Trinajstić information content (AvgIpc) is 3.60. The lowest BCUT2D eigenvalue weighted by Crippen LogP contribution is -2.40. The van der Waals surface area contributed by atoms with Gasteiger partial charge in [0, 0.05) is 42.5 Å². The van der Waals surface area contributed by atoms with Gasteiger partial charge in [-0.25, -0.2) is 18.4 Å². The first-order valence-corrected chi connectivity index (χ1v) is 14.9. The van der Waals surface area contributed by atoms with E-state index in [1.165, 1.54) is 0 Å². The second-order valence-corrected chi connectivity index (χ2v) is 12.0. The highest BCUT2D eigenvalue weighted by Gasteiger charge is 2.35. The zero-order valence-electron chi connectivity index (χ0n) is 23.2. The van der Waals surface area contributed by atoms with Crippen molar-refractivity contribution in [3.8, 4) is 22.5 Å². The summed E-state index contributed by atoms with van der Waals surface area (Å²) in [6.45, 7) is 0. The van der Waals surface area contributed by atoms with Crippen LogP contribution in [0.1, 0.15) is 66.5 Å². The van der Waals surface area contributed by atoms with Gasteiger partial charge in [0.25, 0.3) is 11.6 Å². The summed E-state index contributed by atoms with van der Waals surface area (Å²) in [5, 5.41) is 13.4. The van der Waals surface area contributed by atoms with Crippen LogP contribution in [0.25, 0.3) is 33.6 Å². The number of nitrogens with two attached hydrogens (primary N) is 1. The van der Waals surface area contributed by atoms with Crippen LogP contribution in [0.2, 0.25) is 0 Å². The number of carbonyl (C=O) groups excluding carboxylic acids is 1. The van der Waals surface area contributed by atoms with Crippen LogP contribution < -0.4 is 5.73 Å². The summed E-state index contributed by atoms with van der Waals surface area (Å²) in [5.41, 5.74) is 9.23. The van der Waals surface area contributed by atoms with Crippen molar-refractivity contribution in [3.05, 3.63) is 70.2 Å². The molecule has 43 heavy (non-hydrogen) atoms. The van der Waals surface area contributed by atoms with Gasteiger partial charge in [0.05, 0.1) is 44.7 Å². The first kappa shape index (κ1) is 27.6. The fraction of sp³-hybridized carbons (Fsp3) is 0.333. The summed E-state index contributed by atoms with van der Waals surface area (Å²) in [6, 6.07) is 6.72. The lowest BCUT2D eigenvalue weighted by atomic mass is 9.90. The van der Waals surface area contributed by atoms with E-state index in [0.29, 0.717) is 28.1 Å². The number of pyridine rings is 2. The van der Waals surface area contributed by atoms with Gasteiger partial charge in [-0.2, -0.15) is 0 Å². The van der Waals surface area contributed by atoms with Gasteiger partial charge in [0.15, 0.2) is 5.82 Å². The average molecular weight is 650 g/mol. The summed E-state index contributed by atoms with van der Waals surface area (Å²) in [5.74, 6) is -1.46. The third-order valence-corrected chi connectivity index (χ3v) is 9.25. The molecule has 2 N–H and O–H groups in total. The normalized spacial score (nSPS) is 18.7. The SMILES string of the molecule is CN(C(=O)c1cc(-c2cccnc2)nc2onc(C3CC3)c12)C1CCC(n2cc(-c3cc(F)c(Br)c(F)c3N)nn2)CC1. The Kier molecular flexibility index (Phi) is 6.91. The molecule has 0 radical (unpaired) electrons. The van der Waals surface area contributed by atoms with Crippen molar-refractivity contribution in [2.75, 3.05) is 12.8 Å². The predicted molar refractivity (Wildman–Crippen MR) is 158 cm³/mol. The number of aromatic nitrogens is 6. The van der Waals surface area contributed by atoms with Crippen molar-refractivity contribution >= 4 is 38.6 Å². The highest BCUT2D eigenvalue weighted by Crippen LogP contribution is 2.44. The van der Waals surface area contributed by atoms with Gasteiger partial charge >= 0.3 is 0 Å². The molecule has 0 saturated heterocycles. The minimum atomic E-state index is -0.868. The van der Waals surface area contributed by atoms with E-state index in [0.717, 1.165) is 55.8 Å². The number of nitrogens with zero attached hydrogens (tertiary/aromatic N) is 7. The second kappa shape index (κ2) is 10.8. The minimum Gasteiger partial charge on any atom is -0.396 e. The maximum Gasteiger partial charge on any atom is 0.259 e. The largest absolute Gasteiger partial charge is 0.396 e. The molecule has 13 heteroatoms. The maximum atomic E-state index is 14.3. The van der Waals surface area contributed by atoms with Crippen LogP contribution in [0.4, 0.5) is 14.5 Å². The lowest BCUT2D eigenvalue weighted by Gasteiger charge is -2.34. The number of nitrogen functional groups attached to an aromatic ring is 1. The molecule has 0 atom stereocenters. The van der Waals surface area contributed by atoms with Crippen molar-refractivity contribution in [1.82, 2.24) is 35.0 Å². The predicted octanol–water partition coefficient (Wildman–Crippen LogP) is 6.30. The summed E-state index contributed by atoms with van der Waals surface area (Å²) >= 11 is 2.87. The van der Waals surface area contributed by atoms with Crippen LogP contribution in [-0.4, -0.2) is 54.0 Å². The molecule has 1 amide bonds. The van der Waals surface area contributed by atoms with E-state index in [4.69, 9.17) is 10.3 Å². The molecule has 2 aliphatic rings. The number of hydrogen-bond acceptors (Lipinski definition) is 8. The minimum absolute atomic E-state index is 0.00587. The number of halogens is 3. The zero-order valence-corrected chi connectivity index (χ0v) is 24.8. The molecule has 0 unspecified atom stereocenters. The third-order valence-electron chi connectivity index (χ3n) is 8.52. The number of fused-ring (bicyclic) bond motifs is 1. The van der Waals surface area contributed by atoms with Crippen LogP contribution in [0.3, 0.4) is 0 Å². The second-order valence-electron chi connectivity index (χ2n) is 11.2. The molecule has 2 fully saturated rings. The van der Waals surface area contributed by atoms with Gasteiger partial charge in [-0.15, -0.1) is 5.10 Å². The number of anilines is 1. The summed E-state index contributed by atoms with van der Waals surface area (Å²) < 4.78 is 35.5. The van der Waals surface area contributed by atoms with Gasteiger partial charge < -0.3 is 15.2 Å². The van der Waals surface area contributed by atoms with Crippen LogP contribution in [-0.2, 0) is 0 Å². The van der Waals surface area contributed by atoms with Crippen molar-refractivity contribution in [3.63, 3.8) is 0 Å². The molecule has 5 aromatic rings. The summed E-state index contributed by atoms with van der Waals surface area (Å²) in [6.07, 6.45) is 10.1. The first-order valence-electron chi connectivity index (χ1n) is 14.1. The molecule has 1 aromatic carbocycles. The number of rotatable bonds is 6. The Hall–Kier alpha value is -4.26. The van der Waals surface area contributed by atoms with E-state index >= 15 is 0 Å². The summed E-state index contributed by atoms with van der Waals surface area (Å²) in [4.78, 5) is 24.7. The number of amides is 1. The topological polar surface area (TPSA) is 129 Å². The van der Waals surface area contributed by atoms with E-state index in [-0.39, 0.29) is 39.6 Å². The maximum absolute atomic E-state index is 14.3. The third kappa shape index (κ3) is 4.94. The fourth-order valence-electron chi connectivity index (χ4n) is 5.91. The van der Waals surface area contributed by atoms with Crippen molar-refractivity contribution in [2.45, 2.75) is 56.5 Å². The van der Waals surface area contributed by atoms with Gasteiger partial charge in [-0.05, 0) is 78.7 Å². The Morgan fingerprint density at radius 2 is 1.93 bits per heavy atom. The number of hydrogen-bond donors (Lipinski definition) is 1. The molecule has 7 rings (SSSR count). The Morgan fingerprint density at radius 1 is 1.14 bits per heavy atom. The molecule has 0 aliphatic heterocycles. The molecule has 4 aromatic heterocycles. The smallest absolute Gasteiger partial charge is 0.259 e. The Balaban J connectivity index is 1.11. The van der Waals surface area contributed by atoms with Crippen LogP contribution in [0.5, 0.6) is 0 Å². The van der Waals surface area contributed by atoms with Crippen molar-refractivity contribution < 1.29 is 18.1 Å². The van der Waals surface area contributed by atoms with E-state index in [1.807, 2.05) is 30.1 Å². The highest BCUT2D eigenvalue weighted by atomic mass is 79.9. The molecule has 10 nitrogen and oxygen atoms in total. The molecular weight excluding hydrogens is 622 g/mol. The molecule has 0 spiro atoms. The standard InChI is InChI=1S/C30H27BrF2N8O2/c1-40(17-6-8-18(9-7-17)41-14-23(37-39-41)19-11-21(32)25(31)26(33)27(19)34)30(42)20-12-22(16-3-2-10-35-13-16)36-29-24(20)28(38-43-29)15-4-5-15/h2-3,10-15,17-18H,4-9,34H2,1H3. The number of benzene rings is 1. The highest BCUT2D eigenvalue weighted by molar-refractivity contribution is 9.10. The summed E-state index contributed by atoms with van der Waals surface area (Å²) in [7, 11) is 1.83. The fourth-order valence-corrected chi connectivity index (χ4v) is 6.23. The zero-order chi connectivity index (χ0) is 29.8. The van der Waals surface area contributed by atoms with Gasteiger partial charge in [0.1, 0.15) is 11.5 Å². The van der Waals surface area contributed by atoms with Crippen molar-refractivity contribution in [1.29, 1.82) is 0 Å². The molecule has 0 bridgehead atoms. The molecular formula is C30H27BrF2N8O2. The number of carbonyl (C=O) groups is 1. The van der Waals surface area contributed by atoms with E-state index in [2.05, 4.69) is 41.4 Å². The quantitative estimate of drug-likeness (QED) is 0.168. The Labute approximate surface area is 253 Å². The molecule has 4 heterocycles. The van der Waals surface area contributed by atoms with Crippen LogP contribution in [0, 0.1) is 11.6 Å². The molecule has 2 saturated carbocycles. The van der Waals surface area contributed by atoms with Crippen LogP contribution in [0.15, 0.2) is 51.9 Å². The van der Waals surface area contributed by atoms with Crippen LogP contribution >= 0.6 is 15.9 Å². The molecule has 220 valence electrons. The molecule has 2 aliphatic carbocycles. The van der Waals surface area contributed by atoms with E-state index < -0.39 is 11.6 Å². The van der Waals surface area contributed by atoms with E-state index in [9.17, 15) is 13.6 Å². The van der Waals surface area contributed by atoms with Crippen molar-refractivity contribution in [2.24, 2.45) is 0 Å². The Bertz CT molecular complexity index is 1850. The van der Waals surface area contributed by atoms with Gasteiger partial charge in [0.2, 0.25) is 0 Å². The van der Waals surface area contributed by atoms with Gasteiger partial charge in [-0.1, -0.05) is 10.4 Å². The first-order chi connectivity index (χ1) is 20.8. The van der Waals surface area contributed by atoms with E-state index in [1.54, 1.807) is 23.3 Å². The monoisotopic (exact) mass is 648 g/mol. The van der Waals surface area contributed by atoms with Gasteiger partial charge in [-0.3, -0.25) is 9.78 Å². The Morgan fingerprint density at radius 3 is 2.65 bits per heavy atom. The lowest BCUT2D eigenvalue weighted by molar-refractivity contribution is 0.0677.